The van der Waals surface area contributed by atoms with Gasteiger partial charge in [0.1, 0.15) is 12.4 Å². The first-order valence-electron chi connectivity index (χ1n) is 8.43. The number of carbonyl (C=O) groups is 1. The minimum atomic E-state index is -0.565. The Morgan fingerprint density at radius 2 is 2.04 bits per heavy atom. The van der Waals surface area contributed by atoms with Gasteiger partial charge in [-0.15, -0.1) is 0 Å². The van der Waals surface area contributed by atoms with Crippen LogP contribution in [-0.2, 0) is 4.79 Å². The van der Waals surface area contributed by atoms with Crippen molar-refractivity contribution in [2.24, 2.45) is 0 Å². The third kappa shape index (κ3) is 3.53. The number of benzene rings is 1. The van der Waals surface area contributed by atoms with E-state index in [4.69, 9.17) is 9.47 Å². The summed E-state index contributed by atoms with van der Waals surface area (Å²) in [6.07, 6.45) is 1.20. The second kappa shape index (κ2) is 6.87. The Bertz CT molecular complexity index is 758. The van der Waals surface area contributed by atoms with Crippen LogP contribution in [0.3, 0.4) is 0 Å². The minimum Gasteiger partial charge on any atom is -0.485 e. The molecule has 7 nitrogen and oxygen atoms in total. The highest BCUT2D eigenvalue weighted by molar-refractivity contribution is 7.09. The van der Waals surface area contributed by atoms with Crippen molar-refractivity contribution in [2.75, 3.05) is 25.0 Å². The van der Waals surface area contributed by atoms with Crippen molar-refractivity contribution in [1.29, 1.82) is 0 Å². The van der Waals surface area contributed by atoms with E-state index in [0.29, 0.717) is 30.6 Å². The van der Waals surface area contributed by atoms with E-state index < -0.39 is 6.10 Å². The molecule has 1 atom stereocenters. The van der Waals surface area contributed by atoms with Gasteiger partial charge in [0.05, 0.1) is 0 Å². The van der Waals surface area contributed by atoms with E-state index in [0.717, 1.165) is 23.8 Å². The molecule has 25 heavy (non-hydrogen) atoms. The number of para-hydroxylation sites is 2. The number of anilines is 1. The molecule has 132 valence electrons. The normalized spacial score (nSPS) is 20.4. The molecule has 1 aromatic heterocycles. The second-order valence-corrected chi connectivity index (χ2v) is 7.01. The van der Waals surface area contributed by atoms with Crippen LogP contribution in [-0.4, -0.2) is 52.0 Å². The lowest BCUT2D eigenvalue weighted by Crippen LogP contribution is -2.50. The summed E-state index contributed by atoms with van der Waals surface area (Å²) < 4.78 is 15.7. The van der Waals surface area contributed by atoms with Gasteiger partial charge in [-0.1, -0.05) is 12.1 Å². The number of nitrogens with one attached hydrogen (secondary N) is 1. The van der Waals surface area contributed by atoms with Gasteiger partial charge in [0, 0.05) is 30.7 Å². The summed E-state index contributed by atoms with van der Waals surface area (Å²) in [5.41, 5.74) is 0. The molecule has 1 amide bonds. The average molecular weight is 360 g/mol. The molecule has 8 heteroatoms. The Kier molecular flexibility index (Phi) is 4.44. The van der Waals surface area contributed by atoms with E-state index >= 15 is 0 Å². The van der Waals surface area contributed by atoms with Gasteiger partial charge in [-0.2, -0.15) is 4.37 Å². The number of likely N-dealkylation sites (tertiary alicyclic amines) is 1. The molecule has 4 rings (SSSR count). The van der Waals surface area contributed by atoms with Gasteiger partial charge < -0.3 is 19.7 Å². The molecule has 2 aliphatic heterocycles. The lowest BCUT2D eigenvalue weighted by atomic mass is 10.0. The SMILES string of the molecule is Cc1nsc(NC2CCN(C(=O)[C@@H]3COc4ccccc4O3)CC2)n1. The van der Waals surface area contributed by atoms with Crippen molar-refractivity contribution in [2.45, 2.75) is 31.9 Å². The molecule has 0 spiro atoms. The second-order valence-electron chi connectivity index (χ2n) is 6.25. The maximum Gasteiger partial charge on any atom is 0.267 e. The number of rotatable bonds is 3. The number of hydrogen-bond acceptors (Lipinski definition) is 7. The summed E-state index contributed by atoms with van der Waals surface area (Å²) >= 11 is 1.38. The number of aryl methyl sites for hydroxylation is 1. The number of aromatic nitrogens is 2. The van der Waals surface area contributed by atoms with Crippen molar-refractivity contribution < 1.29 is 14.3 Å². The van der Waals surface area contributed by atoms with Crippen LogP contribution in [0, 0.1) is 6.92 Å². The topological polar surface area (TPSA) is 76.6 Å². The Morgan fingerprint density at radius 3 is 2.76 bits per heavy atom. The van der Waals surface area contributed by atoms with Crippen LogP contribution in [0.4, 0.5) is 5.13 Å². The molecule has 1 N–H and O–H groups in total. The number of piperidine rings is 1. The van der Waals surface area contributed by atoms with Crippen LogP contribution in [0.15, 0.2) is 24.3 Å². The Balaban J connectivity index is 1.31. The van der Waals surface area contributed by atoms with Gasteiger partial charge >= 0.3 is 0 Å². The number of carbonyl (C=O) groups excluding carboxylic acids is 1. The Labute approximate surface area is 150 Å². The number of ether oxygens (including phenoxy) is 2. The fourth-order valence-corrected chi connectivity index (χ4v) is 3.77. The van der Waals surface area contributed by atoms with Crippen LogP contribution in [0.5, 0.6) is 11.5 Å². The van der Waals surface area contributed by atoms with Crippen molar-refractivity contribution in [3.05, 3.63) is 30.1 Å². The monoisotopic (exact) mass is 360 g/mol. The van der Waals surface area contributed by atoms with Crippen LogP contribution >= 0.6 is 11.5 Å². The predicted molar refractivity (Wildman–Crippen MR) is 94.2 cm³/mol. The summed E-state index contributed by atoms with van der Waals surface area (Å²) in [5.74, 6) is 2.12. The van der Waals surface area contributed by atoms with Crippen molar-refractivity contribution in [1.82, 2.24) is 14.3 Å². The summed E-state index contributed by atoms with van der Waals surface area (Å²) in [5, 5.41) is 4.25. The third-order valence-corrected chi connectivity index (χ3v) is 5.18. The maximum absolute atomic E-state index is 12.7. The molecule has 0 aliphatic carbocycles. The number of nitrogens with zero attached hydrogens (tertiary/aromatic N) is 3. The van der Waals surface area contributed by atoms with Gasteiger partial charge in [0.2, 0.25) is 11.2 Å². The summed E-state index contributed by atoms with van der Waals surface area (Å²) in [4.78, 5) is 18.9. The average Bonchev–Trinajstić information content (AvgIpc) is 3.06. The van der Waals surface area contributed by atoms with Crippen molar-refractivity contribution in [3.8, 4) is 11.5 Å². The zero-order chi connectivity index (χ0) is 17.2. The molecule has 0 radical (unpaired) electrons. The minimum absolute atomic E-state index is 0.000266. The first-order valence-corrected chi connectivity index (χ1v) is 9.20. The maximum atomic E-state index is 12.7. The van der Waals surface area contributed by atoms with Gasteiger partial charge in [-0.05, 0) is 31.9 Å². The van der Waals surface area contributed by atoms with E-state index in [1.54, 1.807) is 0 Å². The standard InChI is InChI=1S/C17H20N4O3S/c1-11-18-17(25-20-11)19-12-6-8-21(9-7-12)16(22)15-10-23-13-4-2-3-5-14(13)24-15/h2-5,12,15H,6-10H2,1H3,(H,18,19,20)/t15-/m0/s1. The molecule has 2 aromatic rings. The van der Waals surface area contributed by atoms with Gasteiger partial charge in [-0.3, -0.25) is 4.79 Å². The summed E-state index contributed by atoms with van der Waals surface area (Å²) in [7, 11) is 0. The Morgan fingerprint density at radius 1 is 1.28 bits per heavy atom. The van der Waals surface area contributed by atoms with E-state index in [1.807, 2.05) is 36.1 Å². The highest BCUT2D eigenvalue weighted by Crippen LogP contribution is 2.31. The lowest BCUT2D eigenvalue weighted by Gasteiger charge is -2.35. The molecule has 3 heterocycles. The van der Waals surface area contributed by atoms with Gasteiger partial charge in [0.25, 0.3) is 5.91 Å². The Hall–Kier alpha value is -2.35. The predicted octanol–water partition coefficient (Wildman–Crippen LogP) is 2.09. The van der Waals surface area contributed by atoms with Crippen LogP contribution < -0.4 is 14.8 Å². The van der Waals surface area contributed by atoms with Crippen molar-refractivity contribution >= 4 is 22.6 Å². The first-order chi connectivity index (χ1) is 12.2. The molecule has 0 bridgehead atoms. The third-order valence-electron chi connectivity index (χ3n) is 4.45. The molecule has 1 aromatic carbocycles. The van der Waals surface area contributed by atoms with E-state index in [-0.39, 0.29) is 12.5 Å². The molecule has 1 saturated heterocycles. The summed E-state index contributed by atoms with van der Waals surface area (Å²) in [6.45, 7) is 3.55. The first kappa shape index (κ1) is 16.1. The van der Waals surface area contributed by atoms with Gasteiger partial charge in [-0.25, -0.2) is 4.98 Å². The van der Waals surface area contributed by atoms with Crippen LogP contribution in [0.25, 0.3) is 0 Å². The van der Waals surface area contributed by atoms with Crippen molar-refractivity contribution in [3.63, 3.8) is 0 Å². The fraction of sp³-hybridized carbons (Fsp3) is 0.471. The number of fused-ring (bicyclic) bond motifs is 1. The quantitative estimate of drug-likeness (QED) is 0.903. The smallest absolute Gasteiger partial charge is 0.267 e. The fourth-order valence-electron chi connectivity index (χ4n) is 3.12. The molecule has 1 fully saturated rings. The molecule has 2 aliphatic rings. The number of amides is 1. The molecule has 0 saturated carbocycles. The zero-order valence-corrected chi connectivity index (χ0v) is 14.8. The molecule has 0 unspecified atom stereocenters. The highest BCUT2D eigenvalue weighted by atomic mass is 32.1. The van der Waals surface area contributed by atoms with Crippen LogP contribution in [0.2, 0.25) is 0 Å². The van der Waals surface area contributed by atoms with Crippen LogP contribution in [0.1, 0.15) is 18.7 Å². The molecular weight excluding hydrogens is 340 g/mol. The zero-order valence-electron chi connectivity index (χ0n) is 14.0. The lowest BCUT2D eigenvalue weighted by molar-refractivity contribution is -0.142. The largest absolute Gasteiger partial charge is 0.485 e. The molecular formula is C17H20N4O3S. The summed E-state index contributed by atoms with van der Waals surface area (Å²) in [6, 6.07) is 7.76. The van der Waals surface area contributed by atoms with Gasteiger partial charge in [0.15, 0.2) is 11.5 Å². The van der Waals surface area contributed by atoms with E-state index in [1.165, 1.54) is 11.5 Å². The van der Waals surface area contributed by atoms with E-state index in [9.17, 15) is 4.79 Å². The highest BCUT2D eigenvalue weighted by Gasteiger charge is 2.33. The van der Waals surface area contributed by atoms with E-state index in [2.05, 4.69) is 14.7 Å². The number of hydrogen-bond donors (Lipinski definition) is 1.